The van der Waals surface area contributed by atoms with Gasteiger partial charge in [-0.1, -0.05) is 19.1 Å². The molecule has 0 unspecified atom stereocenters. The van der Waals surface area contributed by atoms with Crippen LogP contribution in [-0.2, 0) is 12.7 Å². The maximum Gasteiger partial charge on any atom is 0.449 e. The molecule has 0 aromatic heterocycles. The monoisotopic (exact) mass is 322 g/mol. The smallest absolute Gasteiger partial charge is 0.419 e. The van der Waals surface area contributed by atoms with Gasteiger partial charge in [0.15, 0.2) is 16.6 Å². The second-order valence-electron chi connectivity index (χ2n) is 7.82. The summed E-state index contributed by atoms with van der Waals surface area (Å²) in [5.41, 5.74) is 0. The minimum Gasteiger partial charge on any atom is -0.419 e. The second-order valence-corrected chi connectivity index (χ2v) is 29.5. The van der Waals surface area contributed by atoms with Crippen molar-refractivity contribution < 1.29 is 12.7 Å². The van der Waals surface area contributed by atoms with Crippen LogP contribution in [0.3, 0.4) is 0 Å². The van der Waals surface area contributed by atoms with Crippen LogP contribution in [0.1, 0.15) is 6.42 Å². The standard InChI is InChI=1S/C11H30O3Si4/c1-15(2,3)13-18(14-16(4,5)6)12-10-9-11-17(18,7)8/h9-11H2,1-8H3. The molecule has 1 saturated heterocycles. The van der Waals surface area contributed by atoms with E-state index in [1.54, 1.807) is 0 Å². The average molecular weight is 323 g/mol. The first-order chi connectivity index (χ1) is 7.87. The Balaban J connectivity index is 3.07. The Morgan fingerprint density at radius 3 is 1.67 bits per heavy atom. The maximum atomic E-state index is 6.59. The van der Waals surface area contributed by atoms with Crippen molar-refractivity contribution in [2.75, 3.05) is 6.61 Å². The fourth-order valence-electron chi connectivity index (χ4n) is 2.23. The van der Waals surface area contributed by atoms with Crippen molar-refractivity contribution in [3.8, 4) is 0 Å². The van der Waals surface area contributed by atoms with Crippen LogP contribution in [0.5, 0.6) is 0 Å². The fourth-order valence-corrected chi connectivity index (χ4v) is 27.5. The molecule has 1 heterocycles. The molecule has 1 aliphatic rings. The lowest BCUT2D eigenvalue weighted by Gasteiger charge is -2.49. The molecule has 0 aliphatic carbocycles. The average Bonchev–Trinajstić information content (AvgIpc) is 2.04. The lowest BCUT2D eigenvalue weighted by Crippen LogP contribution is -2.72. The summed E-state index contributed by atoms with van der Waals surface area (Å²) in [7, 11) is -7.24. The van der Waals surface area contributed by atoms with Gasteiger partial charge in [-0.3, -0.25) is 0 Å². The van der Waals surface area contributed by atoms with Crippen LogP contribution in [-0.4, -0.2) is 39.2 Å². The predicted octanol–water partition coefficient (Wildman–Crippen LogP) is 3.84. The third-order valence-corrected chi connectivity index (χ3v) is 21.8. The molecule has 1 aliphatic heterocycles. The minimum atomic E-state index is -2.42. The minimum absolute atomic E-state index is 0.831. The molecular weight excluding hydrogens is 292 g/mol. The second kappa shape index (κ2) is 5.27. The highest BCUT2D eigenvalue weighted by Crippen LogP contribution is 2.36. The van der Waals surface area contributed by atoms with Gasteiger partial charge in [0.1, 0.15) is 7.59 Å². The summed E-state index contributed by atoms with van der Waals surface area (Å²) >= 11 is 0. The Morgan fingerprint density at radius 1 is 0.889 bits per heavy atom. The molecule has 0 spiro atoms. The van der Waals surface area contributed by atoms with Gasteiger partial charge in [0.25, 0.3) is 0 Å². The summed E-state index contributed by atoms with van der Waals surface area (Å²) in [6.07, 6.45) is 1.18. The molecule has 18 heavy (non-hydrogen) atoms. The first kappa shape index (κ1) is 16.8. The predicted molar refractivity (Wildman–Crippen MR) is 87.5 cm³/mol. The van der Waals surface area contributed by atoms with Crippen LogP contribution in [0.15, 0.2) is 0 Å². The van der Waals surface area contributed by atoms with Crippen molar-refractivity contribution in [2.45, 2.75) is 64.8 Å². The Labute approximate surface area is 117 Å². The van der Waals surface area contributed by atoms with Gasteiger partial charge in [0.2, 0.25) is 0 Å². The molecule has 3 nitrogen and oxygen atoms in total. The van der Waals surface area contributed by atoms with Gasteiger partial charge in [0.05, 0.1) is 0 Å². The molecule has 0 aromatic carbocycles. The van der Waals surface area contributed by atoms with Crippen molar-refractivity contribution in [2.24, 2.45) is 0 Å². The number of hydrogen-bond donors (Lipinski definition) is 0. The van der Waals surface area contributed by atoms with E-state index in [-0.39, 0.29) is 0 Å². The topological polar surface area (TPSA) is 27.7 Å². The van der Waals surface area contributed by atoms with Gasteiger partial charge >= 0.3 is 8.32 Å². The van der Waals surface area contributed by atoms with Gasteiger partial charge in [-0.25, -0.2) is 0 Å². The highest BCUT2D eigenvalue weighted by Gasteiger charge is 2.61. The highest BCUT2D eigenvalue weighted by molar-refractivity contribution is 7.36. The van der Waals surface area contributed by atoms with Crippen LogP contribution in [0.25, 0.3) is 0 Å². The zero-order valence-corrected chi connectivity index (χ0v) is 17.3. The van der Waals surface area contributed by atoms with Crippen LogP contribution in [0.4, 0.5) is 0 Å². The molecule has 0 saturated carbocycles. The Kier molecular flexibility index (Phi) is 4.91. The first-order valence-corrected chi connectivity index (χ1v) is 19.7. The molecule has 0 atom stereocenters. The lowest BCUT2D eigenvalue weighted by molar-refractivity contribution is 0.172. The van der Waals surface area contributed by atoms with Crippen LogP contribution in [0.2, 0.25) is 58.4 Å². The molecule has 108 valence electrons. The third kappa shape index (κ3) is 4.39. The fraction of sp³-hybridized carbons (Fsp3) is 1.00. The Morgan fingerprint density at radius 2 is 1.33 bits per heavy atom. The summed E-state index contributed by atoms with van der Waals surface area (Å²) < 4.78 is 19.4. The van der Waals surface area contributed by atoms with E-state index in [2.05, 4.69) is 52.4 Å². The highest BCUT2D eigenvalue weighted by atomic mass is 29.3. The summed E-state index contributed by atoms with van der Waals surface area (Å²) in [6.45, 7) is 19.1. The zero-order valence-electron chi connectivity index (χ0n) is 13.3. The van der Waals surface area contributed by atoms with Crippen LogP contribution < -0.4 is 0 Å². The van der Waals surface area contributed by atoms with Crippen molar-refractivity contribution in [3.05, 3.63) is 0 Å². The summed E-state index contributed by atoms with van der Waals surface area (Å²) in [5.74, 6) is 0. The van der Waals surface area contributed by atoms with Gasteiger partial charge in [-0.15, -0.1) is 0 Å². The van der Waals surface area contributed by atoms with E-state index < -0.39 is 32.5 Å². The summed E-state index contributed by atoms with van der Waals surface area (Å²) in [5, 5.41) is 0. The normalized spacial score (nSPS) is 24.0. The van der Waals surface area contributed by atoms with Crippen LogP contribution in [0, 0.1) is 0 Å². The quantitative estimate of drug-likeness (QED) is 0.736. The summed E-state index contributed by atoms with van der Waals surface area (Å²) in [4.78, 5) is 0. The summed E-state index contributed by atoms with van der Waals surface area (Å²) in [6, 6.07) is 1.29. The molecule has 0 amide bonds. The van der Waals surface area contributed by atoms with E-state index in [1.165, 1.54) is 12.5 Å². The van der Waals surface area contributed by atoms with Gasteiger partial charge in [0, 0.05) is 6.61 Å². The van der Waals surface area contributed by atoms with Crippen molar-refractivity contribution in [1.82, 2.24) is 0 Å². The number of hydrogen-bond acceptors (Lipinski definition) is 3. The molecule has 0 aromatic rings. The van der Waals surface area contributed by atoms with Gasteiger partial charge in [-0.2, -0.15) is 0 Å². The SMILES string of the molecule is C[Si](C)(C)O[Si]1(O[Si](C)(C)C)OCCC[Si]1(C)C. The Hall–Kier alpha value is 0.748. The van der Waals surface area contributed by atoms with Crippen LogP contribution >= 0.6 is 0 Å². The largest absolute Gasteiger partial charge is 0.449 e. The Bertz CT molecular complexity index is 278. The van der Waals surface area contributed by atoms with Crippen molar-refractivity contribution >= 4 is 32.5 Å². The van der Waals surface area contributed by atoms with E-state index in [1.807, 2.05) is 0 Å². The molecule has 0 radical (unpaired) electrons. The van der Waals surface area contributed by atoms with E-state index in [0.29, 0.717) is 0 Å². The molecule has 0 bridgehead atoms. The van der Waals surface area contributed by atoms with E-state index in [4.69, 9.17) is 12.7 Å². The first-order valence-electron chi connectivity index (χ1n) is 6.91. The van der Waals surface area contributed by atoms with Gasteiger partial charge in [-0.05, 0) is 45.7 Å². The third-order valence-electron chi connectivity index (χ3n) is 2.95. The molecule has 1 fully saturated rings. The molecule has 1 rings (SSSR count). The number of rotatable bonds is 4. The molecule has 0 N–H and O–H groups in total. The van der Waals surface area contributed by atoms with Crippen molar-refractivity contribution in [3.63, 3.8) is 0 Å². The molecule has 7 heteroatoms. The van der Waals surface area contributed by atoms with E-state index in [0.717, 1.165) is 6.61 Å². The van der Waals surface area contributed by atoms with Crippen molar-refractivity contribution in [1.29, 1.82) is 0 Å². The van der Waals surface area contributed by atoms with E-state index in [9.17, 15) is 0 Å². The maximum absolute atomic E-state index is 6.59. The molecular formula is C11H30O3Si4. The van der Waals surface area contributed by atoms with Gasteiger partial charge < -0.3 is 12.7 Å². The zero-order chi connectivity index (χ0) is 14.2. The van der Waals surface area contributed by atoms with E-state index >= 15 is 0 Å². The lowest BCUT2D eigenvalue weighted by atomic mass is 10.5.